The molecule has 1 aromatic heterocycles. The van der Waals surface area contributed by atoms with Crippen LogP contribution in [0.25, 0.3) is 11.5 Å². The Labute approximate surface area is 170 Å². The standard InChI is InChI=1S/C22H24N2O4S/c1-15-8-10-18(11-9-15)12-23-21(25)14-29(26,27)13-20-17(3)28-22(24-20)19-7-5-4-6-16(19)2/h4-11H,12-14H2,1-3H3,(H,23,25). The normalized spacial score (nSPS) is 11.4. The number of carbonyl (C=O) groups is 1. The summed E-state index contributed by atoms with van der Waals surface area (Å²) in [6.45, 7) is 5.88. The summed E-state index contributed by atoms with van der Waals surface area (Å²) in [5.74, 6) is -0.649. The topological polar surface area (TPSA) is 89.3 Å². The maximum atomic E-state index is 12.5. The summed E-state index contributed by atoms with van der Waals surface area (Å²) in [4.78, 5) is 16.5. The molecule has 3 rings (SSSR count). The number of hydrogen-bond donors (Lipinski definition) is 1. The van der Waals surface area contributed by atoms with Gasteiger partial charge in [0.1, 0.15) is 11.5 Å². The van der Waals surface area contributed by atoms with Crippen LogP contribution in [0, 0.1) is 20.8 Å². The Balaban J connectivity index is 1.64. The first kappa shape index (κ1) is 20.8. The van der Waals surface area contributed by atoms with Crippen molar-refractivity contribution in [3.05, 3.63) is 76.7 Å². The molecule has 0 fully saturated rings. The molecule has 7 heteroatoms. The molecule has 0 spiro atoms. The van der Waals surface area contributed by atoms with Crippen LogP contribution in [0.3, 0.4) is 0 Å². The van der Waals surface area contributed by atoms with Gasteiger partial charge in [-0.3, -0.25) is 4.79 Å². The molecular weight excluding hydrogens is 388 g/mol. The third-order valence-corrected chi connectivity index (χ3v) is 6.00. The van der Waals surface area contributed by atoms with Crippen molar-refractivity contribution in [3.8, 4) is 11.5 Å². The number of sulfone groups is 1. The van der Waals surface area contributed by atoms with Gasteiger partial charge in [0.25, 0.3) is 0 Å². The lowest BCUT2D eigenvalue weighted by molar-refractivity contribution is -0.118. The summed E-state index contributed by atoms with van der Waals surface area (Å²) in [5, 5.41) is 2.65. The summed E-state index contributed by atoms with van der Waals surface area (Å²) in [6, 6.07) is 15.3. The minimum atomic E-state index is -3.68. The van der Waals surface area contributed by atoms with Crippen molar-refractivity contribution in [1.29, 1.82) is 0 Å². The van der Waals surface area contributed by atoms with Crippen molar-refractivity contribution in [1.82, 2.24) is 10.3 Å². The van der Waals surface area contributed by atoms with Gasteiger partial charge in [-0.1, -0.05) is 48.0 Å². The maximum Gasteiger partial charge on any atom is 0.235 e. The summed E-state index contributed by atoms with van der Waals surface area (Å²) in [7, 11) is -3.68. The van der Waals surface area contributed by atoms with E-state index in [9.17, 15) is 13.2 Å². The average Bonchev–Trinajstić information content (AvgIpc) is 3.00. The molecule has 152 valence electrons. The minimum Gasteiger partial charge on any atom is -0.441 e. The van der Waals surface area contributed by atoms with Gasteiger partial charge in [-0.05, 0) is 38.0 Å². The Hall–Kier alpha value is -2.93. The van der Waals surface area contributed by atoms with Crippen molar-refractivity contribution < 1.29 is 17.6 Å². The lowest BCUT2D eigenvalue weighted by Crippen LogP contribution is -2.30. The highest BCUT2D eigenvalue weighted by Gasteiger charge is 2.22. The molecule has 0 bridgehead atoms. The zero-order valence-corrected chi connectivity index (χ0v) is 17.5. The molecule has 0 aliphatic heterocycles. The number of nitrogens with one attached hydrogen (secondary N) is 1. The highest BCUT2D eigenvalue weighted by Crippen LogP contribution is 2.25. The average molecular weight is 413 g/mol. The first-order valence-corrected chi connectivity index (χ1v) is 11.1. The number of carbonyl (C=O) groups excluding carboxylic acids is 1. The zero-order valence-electron chi connectivity index (χ0n) is 16.7. The molecule has 29 heavy (non-hydrogen) atoms. The second-order valence-corrected chi connectivity index (χ2v) is 9.20. The number of hydrogen-bond acceptors (Lipinski definition) is 5. The van der Waals surface area contributed by atoms with Gasteiger partial charge in [0.15, 0.2) is 9.84 Å². The Kier molecular flexibility index (Phi) is 6.17. The molecule has 0 aliphatic rings. The first-order valence-electron chi connectivity index (χ1n) is 9.28. The number of nitrogens with zero attached hydrogens (tertiary/aromatic N) is 1. The Bertz CT molecular complexity index is 1120. The van der Waals surface area contributed by atoms with E-state index in [1.165, 1.54) is 0 Å². The minimum absolute atomic E-state index is 0.287. The van der Waals surface area contributed by atoms with Crippen LogP contribution in [0.1, 0.15) is 28.1 Å². The van der Waals surface area contributed by atoms with Crippen LogP contribution in [-0.4, -0.2) is 25.1 Å². The first-order chi connectivity index (χ1) is 13.7. The van der Waals surface area contributed by atoms with E-state index in [-0.39, 0.29) is 12.3 Å². The van der Waals surface area contributed by atoms with E-state index < -0.39 is 21.5 Å². The van der Waals surface area contributed by atoms with Gasteiger partial charge >= 0.3 is 0 Å². The van der Waals surface area contributed by atoms with Crippen LogP contribution in [0.5, 0.6) is 0 Å². The predicted molar refractivity (Wildman–Crippen MR) is 112 cm³/mol. The van der Waals surface area contributed by atoms with Gasteiger partial charge in [-0.2, -0.15) is 0 Å². The fourth-order valence-electron chi connectivity index (χ4n) is 2.91. The molecule has 0 saturated heterocycles. The van der Waals surface area contributed by atoms with E-state index in [0.717, 1.165) is 22.3 Å². The van der Waals surface area contributed by atoms with Crippen molar-refractivity contribution in [2.75, 3.05) is 5.75 Å². The molecular formula is C22H24N2O4S. The van der Waals surface area contributed by atoms with E-state index in [1.54, 1.807) is 6.92 Å². The summed E-state index contributed by atoms with van der Waals surface area (Å²) in [5.41, 5.74) is 4.16. The number of rotatable bonds is 7. The second-order valence-electron chi connectivity index (χ2n) is 7.13. The van der Waals surface area contributed by atoms with Gasteiger partial charge in [-0.25, -0.2) is 13.4 Å². The molecule has 2 aromatic carbocycles. The van der Waals surface area contributed by atoms with Gasteiger partial charge in [0.2, 0.25) is 11.8 Å². The molecule has 0 radical (unpaired) electrons. The van der Waals surface area contributed by atoms with Crippen LogP contribution in [-0.2, 0) is 26.9 Å². The lowest BCUT2D eigenvalue weighted by Gasteiger charge is -2.06. The largest absolute Gasteiger partial charge is 0.441 e. The number of amides is 1. The molecule has 1 N–H and O–H groups in total. The molecule has 0 aliphatic carbocycles. The molecule has 0 saturated carbocycles. The Morgan fingerprint density at radius 3 is 2.41 bits per heavy atom. The Morgan fingerprint density at radius 1 is 1.03 bits per heavy atom. The van der Waals surface area contributed by atoms with Crippen molar-refractivity contribution in [3.63, 3.8) is 0 Å². The Morgan fingerprint density at radius 2 is 1.72 bits per heavy atom. The van der Waals surface area contributed by atoms with Crippen molar-refractivity contribution in [2.45, 2.75) is 33.1 Å². The lowest BCUT2D eigenvalue weighted by atomic mass is 10.1. The predicted octanol–water partition coefficient (Wildman–Crippen LogP) is 3.50. The monoisotopic (exact) mass is 412 g/mol. The molecule has 1 heterocycles. The smallest absolute Gasteiger partial charge is 0.235 e. The molecule has 0 atom stereocenters. The summed E-state index contributed by atoms with van der Waals surface area (Å²) in [6.07, 6.45) is 0. The highest BCUT2D eigenvalue weighted by atomic mass is 32.2. The fraction of sp³-hybridized carbons (Fsp3) is 0.273. The summed E-state index contributed by atoms with van der Waals surface area (Å²) < 4.78 is 30.6. The van der Waals surface area contributed by atoms with E-state index in [1.807, 2.05) is 62.4 Å². The quantitative estimate of drug-likeness (QED) is 0.642. The molecule has 1 amide bonds. The molecule has 6 nitrogen and oxygen atoms in total. The van der Waals surface area contributed by atoms with Crippen molar-refractivity contribution in [2.24, 2.45) is 0 Å². The van der Waals surface area contributed by atoms with Crippen LogP contribution in [0.2, 0.25) is 0 Å². The number of oxazole rings is 1. The molecule has 3 aromatic rings. The number of benzene rings is 2. The number of aromatic nitrogens is 1. The van der Waals surface area contributed by atoms with E-state index in [2.05, 4.69) is 10.3 Å². The van der Waals surface area contributed by atoms with E-state index in [0.29, 0.717) is 17.3 Å². The van der Waals surface area contributed by atoms with E-state index >= 15 is 0 Å². The number of aryl methyl sites for hydroxylation is 3. The maximum absolute atomic E-state index is 12.5. The van der Waals surface area contributed by atoms with Crippen LogP contribution in [0.4, 0.5) is 0 Å². The van der Waals surface area contributed by atoms with Gasteiger partial charge in [0, 0.05) is 12.1 Å². The van der Waals surface area contributed by atoms with E-state index in [4.69, 9.17) is 4.42 Å². The summed E-state index contributed by atoms with van der Waals surface area (Å²) >= 11 is 0. The van der Waals surface area contributed by atoms with Crippen LogP contribution < -0.4 is 5.32 Å². The van der Waals surface area contributed by atoms with Crippen LogP contribution in [0.15, 0.2) is 52.9 Å². The third-order valence-electron chi connectivity index (χ3n) is 4.59. The zero-order chi connectivity index (χ0) is 21.0. The van der Waals surface area contributed by atoms with Gasteiger partial charge in [-0.15, -0.1) is 0 Å². The second kappa shape index (κ2) is 8.61. The van der Waals surface area contributed by atoms with Gasteiger partial charge in [0.05, 0.1) is 11.4 Å². The molecule has 0 unspecified atom stereocenters. The third kappa shape index (κ3) is 5.54. The SMILES string of the molecule is Cc1ccc(CNC(=O)CS(=O)(=O)Cc2nc(-c3ccccc3C)oc2C)cc1. The van der Waals surface area contributed by atoms with Gasteiger partial charge < -0.3 is 9.73 Å². The van der Waals surface area contributed by atoms with Crippen molar-refractivity contribution >= 4 is 15.7 Å². The fourth-order valence-corrected chi connectivity index (χ4v) is 4.19. The van der Waals surface area contributed by atoms with Crippen LogP contribution >= 0.6 is 0 Å². The highest BCUT2D eigenvalue weighted by molar-refractivity contribution is 7.91.